The average molecular weight is 352 g/mol. The molecule has 1 aliphatic carbocycles. The third-order valence-corrected chi connectivity index (χ3v) is 5.47. The van der Waals surface area contributed by atoms with Crippen LogP contribution in [0.1, 0.15) is 76.8 Å². The number of hydrogen-bond donors (Lipinski definition) is 2. The Labute approximate surface area is 149 Å². The van der Waals surface area contributed by atoms with E-state index in [-0.39, 0.29) is 35.3 Å². The summed E-state index contributed by atoms with van der Waals surface area (Å²) < 4.78 is 29.4. The number of rotatable bonds is 6. The van der Waals surface area contributed by atoms with Gasteiger partial charge in [-0.05, 0) is 44.4 Å². The lowest BCUT2D eigenvalue weighted by atomic mass is 9.71. The Hall–Kier alpha value is -1.58. The summed E-state index contributed by atoms with van der Waals surface area (Å²) in [6.07, 6.45) is 6.34. The molecule has 0 amide bonds. The van der Waals surface area contributed by atoms with Crippen LogP contribution in [0, 0.1) is 23.5 Å². The molecule has 0 fully saturated rings. The van der Waals surface area contributed by atoms with Gasteiger partial charge in [0, 0.05) is 17.0 Å². The molecule has 1 aromatic carbocycles. The molecule has 2 unspecified atom stereocenters. The number of aromatic hydroxyl groups is 2. The molecule has 4 heteroatoms. The first-order chi connectivity index (χ1) is 11.8. The number of halogens is 2. The average Bonchev–Trinajstić information content (AvgIpc) is 2.56. The Kier molecular flexibility index (Phi) is 6.47. The smallest absolute Gasteiger partial charge is 0.171 e. The predicted molar refractivity (Wildman–Crippen MR) is 97.0 cm³/mol. The predicted octanol–water partition coefficient (Wildman–Crippen LogP) is 6.20. The monoisotopic (exact) mass is 352 g/mol. The minimum atomic E-state index is -0.916. The molecule has 0 saturated carbocycles. The van der Waals surface area contributed by atoms with Gasteiger partial charge >= 0.3 is 0 Å². The largest absolute Gasteiger partial charge is 0.505 e. The summed E-state index contributed by atoms with van der Waals surface area (Å²) >= 11 is 0. The van der Waals surface area contributed by atoms with Crippen LogP contribution in [0.5, 0.6) is 11.5 Å². The molecule has 0 spiro atoms. The number of phenols is 2. The highest BCUT2D eigenvalue weighted by atomic mass is 19.1. The molecular weight excluding hydrogens is 322 g/mol. The molecule has 2 nitrogen and oxygen atoms in total. The van der Waals surface area contributed by atoms with E-state index in [4.69, 9.17) is 0 Å². The van der Waals surface area contributed by atoms with Crippen LogP contribution in [-0.4, -0.2) is 10.2 Å². The fourth-order valence-electron chi connectivity index (χ4n) is 3.95. The van der Waals surface area contributed by atoms with Crippen LogP contribution in [0.25, 0.3) is 0 Å². The van der Waals surface area contributed by atoms with E-state index < -0.39 is 23.1 Å². The topological polar surface area (TPSA) is 40.5 Å². The Bertz CT molecular complexity index is 621. The van der Waals surface area contributed by atoms with E-state index in [0.717, 1.165) is 31.3 Å². The van der Waals surface area contributed by atoms with Crippen molar-refractivity contribution in [2.24, 2.45) is 11.8 Å². The quantitative estimate of drug-likeness (QED) is 0.472. The van der Waals surface area contributed by atoms with Gasteiger partial charge in [-0.3, -0.25) is 0 Å². The van der Waals surface area contributed by atoms with Crippen molar-refractivity contribution >= 4 is 0 Å². The Morgan fingerprint density at radius 1 is 1.12 bits per heavy atom. The van der Waals surface area contributed by atoms with Gasteiger partial charge in [0.15, 0.2) is 23.1 Å². The van der Waals surface area contributed by atoms with Gasteiger partial charge in [0.2, 0.25) is 0 Å². The molecule has 1 aromatic rings. The highest BCUT2D eigenvalue weighted by Gasteiger charge is 2.35. The molecule has 0 aromatic heterocycles. The van der Waals surface area contributed by atoms with Crippen molar-refractivity contribution in [3.05, 3.63) is 34.4 Å². The zero-order valence-electron chi connectivity index (χ0n) is 15.7. The van der Waals surface area contributed by atoms with Gasteiger partial charge in [-0.1, -0.05) is 45.3 Å². The molecule has 0 heterocycles. The van der Waals surface area contributed by atoms with Gasteiger partial charge in [0.25, 0.3) is 0 Å². The Morgan fingerprint density at radius 2 is 1.72 bits per heavy atom. The van der Waals surface area contributed by atoms with E-state index in [9.17, 15) is 19.0 Å². The number of hydrogen-bond acceptors (Lipinski definition) is 2. The van der Waals surface area contributed by atoms with Crippen LogP contribution < -0.4 is 0 Å². The number of phenolic OH excluding ortho intramolecular Hbond substituents is 2. The normalized spacial score (nSPS) is 20.8. The maximum atomic E-state index is 14.7. The highest BCUT2D eigenvalue weighted by Crippen LogP contribution is 2.48. The molecule has 140 valence electrons. The van der Waals surface area contributed by atoms with Crippen LogP contribution >= 0.6 is 0 Å². The van der Waals surface area contributed by atoms with E-state index in [1.54, 1.807) is 0 Å². The second-order valence-corrected chi connectivity index (χ2v) is 7.66. The SMILES string of the molecule is CCCCCc1c(F)c(O)c(C2C=C(C)CCC2C(C)C)c(O)c1F. The van der Waals surface area contributed by atoms with Crippen molar-refractivity contribution in [2.75, 3.05) is 0 Å². The van der Waals surface area contributed by atoms with E-state index in [0.29, 0.717) is 6.42 Å². The summed E-state index contributed by atoms with van der Waals surface area (Å²) in [5.74, 6) is -2.98. The van der Waals surface area contributed by atoms with Crippen LogP contribution in [-0.2, 0) is 6.42 Å². The van der Waals surface area contributed by atoms with Crippen molar-refractivity contribution in [3.63, 3.8) is 0 Å². The zero-order valence-corrected chi connectivity index (χ0v) is 15.7. The van der Waals surface area contributed by atoms with Gasteiger partial charge in [-0.25, -0.2) is 8.78 Å². The summed E-state index contributed by atoms with van der Waals surface area (Å²) in [6.45, 7) is 8.11. The van der Waals surface area contributed by atoms with Gasteiger partial charge in [0.05, 0.1) is 0 Å². The maximum absolute atomic E-state index is 14.7. The van der Waals surface area contributed by atoms with Crippen molar-refractivity contribution in [3.8, 4) is 11.5 Å². The molecule has 0 radical (unpaired) electrons. The van der Waals surface area contributed by atoms with E-state index in [2.05, 4.69) is 13.8 Å². The fraction of sp³-hybridized carbons (Fsp3) is 0.619. The molecule has 0 saturated heterocycles. The zero-order chi connectivity index (χ0) is 18.7. The molecule has 1 aliphatic rings. The van der Waals surface area contributed by atoms with Crippen molar-refractivity contribution in [1.29, 1.82) is 0 Å². The summed E-state index contributed by atoms with van der Waals surface area (Å²) in [5, 5.41) is 20.9. The Morgan fingerprint density at radius 3 is 2.24 bits per heavy atom. The molecule has 2 atom stereocenters. The van der Waals surface area contributed by atoms with Gasteiger partial charge in [-0.15, -0.1) is 0 Å². The first-order valence-electron chi connectivity index (χ1n) is 9.38. The lowest BCUT2D eigenvalue weighted by molar-refractivity contribution is 0.296. The molecule has 0 aliphatic heterocycles. The van der Waals surface area contributed by atoms with E-state index in [1.165, 1.54) is 0 Å². The van der Waals surface area contributed by atoms with Crippen molar-refractivity contribution in [1.82, 2.24) is 0 Å². The van der Waals surface area contributed by atoms with Crippen LogP contribution in [0.4, 0.5) is 8.78 Å². The van der Waals surface area contributed by atoms with Crippen LogP contribution in [0.3, 0.4) is 0 Å². The van der Waals surface area contributed by atoms with E-state index >= 15 is 0 Å². The van der Waals surface area contributed by atoms with Gasteiger partial charge in [-0.2, -0.15) is 0 Å². The Balaban J connectivity index is 2.52. The van der Waals surface area contributed by atoms with Crippen molar-refractivity contribution < 1.29 is 19.0 Å². The first kappa shape index (κ1) is 19.7. The van der Waals surface area contributed by atoms with Gasteiger partial charge in [0.1, 0.15) is 0 Å². The molecular formula is C21H30F2O2. The van der Waals surface area contributed by atoms with E-state index in [1.807, 2.05) is 19.9 Å². The van der Waals surface area contributed by atoms with Crippen LogP contribution in [0.2, 0.25) is 0 Å². The lowest BCUT2D eigenvalue weighted by Crippen LogP contribution is -2.22. The second-order valence-electron chi connectivity index (χ2n) is 7.66. The molecule has 2 rings (SSSR count). The highest BCUT2D eigenvalue weighted by molar-refractivity contribution is 5.53. The molecule has 0 bridgehead atoms. The summed E-state index contributed by atoms with van der Waals surface area (Å²) in [5.41, 5.74) is 0.922. The number of unbranched alkanes of at least 4 members (excludes halogenated alkanes) is 2. The fourth-order valence-corrected chi connectivity index (χ4v) is 3.95. The minimum Gasteiger partial charge on any atom is -0.505 e. The maximum Gasteiger partial charge on any atom is 0.171 e. The summed E-state index contributed by atoms with van der Waals surface area (Å²) in [7, 11) is 0. The second kappa shape index (κ2) is 8.20. The van der Waals surface area contributed by atoms with Crippen LogP contribution in [0.15, 0.2) is 11.6 Å². The first-order valence-corrected chi connectivity index (χ1v) is 9.38. The molecule has 25 heavy (non-hydrogen) atoms. The number of benzene rings is 1. The summed E-state index contributed by atoms with van der Waals surface area (Å²) in [6, 6.07) is 0. The van der Waals surface area contributed by atoms with Crippen molar-refractivity contribution in [2.45, 2.75) is 72.1 Å². The molecule has 2 N–H and O–H groups in total. The summed E-state index contributed by atoms with van der Waals surface area (Å²) in [4.78, 5) is 0. The third kappa shape index (κ3) is 3.99. The number of allylic oxidation sites excluding steroid dienone is 2. The standard InChI is InChI=1S/C21H30F2O2/c1-5-6-7-8-15-18(22)20(24)17(21(25)19(15)23)16-11-13(4)9-10-14(16)12(2)3/h11-12,14,16,24-25H,5-10H2,1-4H3. The lowest BCUT2D eigenvalue weighted by Gasteiger charge is -2.34. The minimum absolute atomic E-state index is 0.00647. The van der Waals surface area contributed by atoms with Gasteiger partial charge < -0.3 is 10.2 Å². The third-order valence-electron chi connectivity index (χ3n) is 5.47.